The number of benzene rings is 7. The molecule has 11 rings (SSSR count). The first-order valence-corrected chi connectivity index (χ1v) is 16.0. The summed E-state index contributed by atoms with van der Waals surface area (Å²) in [4.78, 5) is 3.69. The van der Waals surface area contributed by atoms with Crippen LogP contribution in [0.4, 0.5) is 5.69 Å². The van der Waals surface area contributed by atoms with Crippen LogP contribution >= 0.6 is 0 Å². The summed E-state index contributed by atoms with van der Waals surface area (Å²) in [5.74, 6) is 0. The average molecular weight is 607 g/mol. The summed E-state index contributed by atoms with van der Waals surface area (Å²) in [5, 5.41) is 19.6. The highest BCUT2D eigenvalue weighted by atomic mass is 14.9. The third-order valence-electron chi connectivity index (χ3n) is 10.4. The van der Waals surface area contributed by atoms with Crippen molar-refractivity contribution in [2.75, 3.05) is 0 Å². The van der Waals surface area contributed by atoms with Gasteiger partial charge in [0, 0.05) is 43.1 Å². The van der Waals surface area contributed by atoms with Gasteiger partial charge in [-0.2, -0.15) is 5.26 Å². The fourth-order valence-electron chi connectivity index (χ4n) is 8.46. The van der Waals surface area contributed by atoms with Gasteiger partial charge in [-0.3, -0.25) is 0 Å². The molecule has 0 saturated carbocycles. The van der Waals surface area contributed by atoms with E-state index in [-0.39, 0.29) is 0 Å². The molecule has 0 N–H and O–H groups in total. The van der Waals surface area contributed by atoms with Crippen molar-refractivity contribution in [2.24, 2.45) is 0 Å². The van der Waals surface area contributed by atoms with Crippen LogP contribution < -0.4 is 0 Å². The molecule has 0 aliphatic carbocycles. The minimum Gasteiger partial charge on any atom is -0.308 e. The van der Waals surface area contributed by atoms with Gasteiger partial charge in [-0.1, -0.05) is 91.0 Å². The van der Waals surface area contributed by atoms with Crippen LogP contribution in [0.1, 0.15) is 5.56 Å². The Kier molecular flexibility index (Phi) is 4.69. The van der Waals surface area contributed by atoms with E-state index in [2.05, 4.69) is 117 Å². The van der Waals surface area contributed by atoms with E-state index in [9.17, 15) is 5.26 Å². The number of nitrogens with zero attached hydrogens (tertiary/aromatic N) is 4. The first-order chi connectivity index (χ1) is 23.7. The lowest BCUT2D eigenvalue weighted by Crippen LogP contribution is -1.83. The Hall–Kier alpha value is -6.88. The van der Waals surface area contributed by atoms with E-state index in [1.807, 2.05) is 36.4 Å². The number of para-hydroxylation sites is 2. The van der Waals surface area contributed by atoms with E-state index in [0.29, 0.717) is 11.3 Å². The van der Waals surface area contributed by atoms with Gasteiger partial charge < -0.3 is 8.80 Å². The highest BCUT2D eigenvalue weighted by Gasteiger charge is 2.28. The van der Waals surface area contributed by atoms with Crippen molar-refractivity contribution in [3.8, 4) is 28.3 Å². The van der Waals surface area contributed by atoms with Crippen molar-refractivity contribution in [1.29, 1.82) is 5.26 Å². The molecule has 0 spiro atoms. The predicted octanol–water partition coefficient (Wildman–Crippen LogP) is 11.7. The lowest BCUT2D eigenvalue weighted by molar-refractivity contribution is 1.37. The number of hydrogen-bond acceptors (Lipinski definition) is 1. The molecule has 7 aromatic carbocycles. The highest BCUT2D eigenvalue weighted by molar-refractivity contribution is 6.45. The molecule has 0 aliphatic rings. The van der Waals surface area contributed by atoms with Gasteiger partial charge in [0.1, 0.15) is 0 Å². The van der Waals surface area contributed by atoms with E-state index in [0.717, 1.165) is 22.3 Å². The molecule has 0 saturated heterocycles. The first-order valence-electron chi connectivity index (χ1n) is 16.0. The normalized spacial score (nSPS) is 12.1. The monoisotopic (exact) mass is 606 g/mol. The smallest absolute Gasteiger partial charge is 0.187 e. The van der Waals surface area contributed by atoms with Crippen LogP contribution in [0.25, 0.3) is 103 Å². The number of aromatic nitrogens is 2. The number of hydrogen-bond donors (Lipinski definition) is 0. The molecule has 0 fully saturated rings. The second-order valence-corrected chi connectivity index (χ2v) is 12.7. The predicted molar refractivity (Wildman–Crippen MR) is 198 cm³/mol. The Morgan fingerprint density at radius 3 is 1.48 bits per heavy atom. The van der Waals surface area contributed by atoms with Crippen LogP contribution in [-0.4, -0.2) is 8.80 Å². The molecule has 0 radical (unpaired) electrons. The topological polar surface area (TPSA) is 37.0 Å². The molecule has 48 heavy (non-hydrogen) atoms. The number of rotatable bonds is 2. The van der Waals surface area contributed by atoms with E-state index in [1.165, 1.54) is 76.2 Å². The van der Waals surface area contributed by atoms with Crippen LogP contribution in [0.2, 0.25) is 0 Å². The average Bonchev–Trinajstić information content (AvgIpc) is 3.87. The molecule has 0 atom stereocenters. The lowest BCUT2D eigenvalue weighted by Gasteiger charge is -2.05. The SMILES string of the molecule is [C-]#[N+]c1cccc(-c2ccc3c4c5c6ccccc6n6c7cc(-c8cccc(C#N)c8)ccc7c(c7c8ccccc8n(c3c2)c74)c56)c1. The van der Waals surface area contributed by atoms with Gasteiger partial charge in [0.25, 0.3) is 0 Å². The van der Waals surface area contributed by atoms with E-state index in [1.54, 1.807) is 0 Å². The Bertz CT molecular complexity index is 3030. The molecule has 218 valence electrons. The zero-order valence-electron chi connectivity index (χ0n) is 25.5. The quantitative estimate of drug-likeness (QED) is 0.180. The molecule has 0 bridgehead atoms. The van der Waals surface area contributed by atoms with Crippen molar-refractivity contribution in [1.82, 2.24) is 8.80 Å². The van der Waals surface area contributed by atoms with E-state index in [4.69, 9.17) is 6.57 Å². The maximum Gasteiger partial charge on any atom is 0.187 e. The van der Waals surface area contributed by atoms with Gasteiger partial charge in [0.2, 0.25) is 0 Å². The third kappa shape index (κ3) is 3.02. The largest absolute Gasteiger partial charge is 0.308 e. The van der Waals surface area contributed by atoms with Gasteiger partial charge in [0.05, 0.1) is 51.3 Å². The van der Waals surface area contributed by atoms with Crippen LogP contribution in [0.3, 0.4) is 0 Å². The second-order valence-electron chi connectivity index (χ2n) is 12.7. The summed E-state index contributed by atoms with van der Waals surface area (Å²) < 4.78 is 4.94. The maximum absolute atomic E-state index is 9.59. The molecular weight excluding hydrogens is 585 g/mol. The van der Waals surface area contributed by atoms with Crippen LogP contribution in [-0.2, 0) is 0 Å². The Morgan fingerprint density at radius 2 is 0.938 bits per heavy atom. The standard InChI is InChI=1S/C44H22N4/c1-46-30-11-7-10-27(21-30)29-17-19-34-38(23-29)48-36-15-5-3-13-32(36)39-41-33-18-16-28(26-9-6-8-25(20-26)24-45)22-37(33)47-35-14-4-2-12-31(35)40(43(41)47)42(34)44(39)48/h2-23H. The van der Waals surface area contributed by atoms with Crippen LogP contribution in [0.5, 0.6) is 0 Å². The van der Waals surface area contributed by atoms with E-state index < -0.39 is 0 Å². The van der Waals surface area contributed by atoms with Crippen LogP contribution in [0, 0.1) is 17.9 Å². The van der Waals surface area contributed by atoms with Gasteiger partial charge in [0.15, 0.2) is 5.69 Å². The molecule has 4 heteroatoms. The first kappa shape index (κ1) is 25.3. The summed E-state index contributed by atoms with van der Waals surface area (Å²) in [6, 6.07) is 49.2. The minimum atomic E-state index is 0.644. The Morgan fingerprint density at radius 1 is 0.458 bits per heavy atom. The minimum absolute atomic E-state index is 0.644. The maximum atomic E-state index is 9.59. The van der Waals surface area contributed by atoms with Crippen molar-refractivity contribution >= 4 is 81.9 Å². The van der Waals surface area contributed by atoms with Crippen molar-refractivity contribution in [3.05, 3.63) is 150 Å². The highest BCUT2D eigenvalue weighted by Crippen LogP contribution is 2.52. The molecule has 4 nitrogen and oxygen atoms in total. The summed E-state index contributed by atoms with van der Waals surface area (Å²) in [5.41, 5.74) is 12.8. The van der Waals surface area contributed by atoms with E-state index >= 15 is 0 Å². The van der Waals surface area contributed by atoms with Crippen molar-refractivity contribution in [2.45, 2.75) is 0 Å². The summed E-state index contributed by atoms with van der Waals surface area (Å²) in [6.45, 7) is 7.56. The van der Waals surface area contributed by atoms with Gasteiger partial charge in [-0.05, 0) is 64.7 Å². The van der Waals surface area contributed by atoms with Gasteiger partial charge >= 0.3 is 0 Å². The molecule has 0 amide bonds. The zero-order chi connectivity index (χ0) is 31.7. The second kappa shape index (κ2) is 8.89. The summed E-state index contributed by atoms with van der Waals surface area (Å²) >= 11 is 0. The van der Waals surface area contributed by atoms with Gasteiger partial charge in [-0.15, -0.1) is 0 Å². The number of nitriles is 1. The fraction of sp³-hybridized carbons (Fsp3) is 0. The van der Waals surface area contributed by atoms with Crippen molar-refractivity contribution in [3.63, 3.8) is 0 Å². The summed E-state index contributed by atoms with van der Waals surface area (Å²) in [6.07, 6.45) is 0. The molecule has 4 aromatic heterocycles. The Balaban J connectivity index is 1.37. The molecule has 0 unspecified atom stereocenters. The number of fused-ring (bicyclic) bond motifs is 14. The Labute approximate surface area is 274 Å². The van der Waals surface area contributed by atoms with Gasteiger partial charge in [-0.25, -0.2) is 4.85 Å². The molecule has 0 aliphatic heterocycles. The lowest BCUT2D eigenvalue weighted by atomic mass is 9.96. The third-order valence-corrected chi connectivity index (χ3v) is 10.4. The fourth-order valence-corrected chi connectivity index (χ4v) is 8.46. The van der Waals surface area contributed by atoms with Crippen molar-refractivity contribution < 1.29 is 0 Å². The summed E-state index contributed by atoms with van der Waals surface area (Å²) in [7, 11) is 0. The van der Waals surface area contributed by atoms with Crippen LogP contribution in [0.15, 0.2) is 133 Å². The zero-order valence-corrected chi connectivity index (χ0v) is 25.5. The molecular formula is C44H22N4. The molecule has 4 heterocycles. The molecule has 11 aromatic rings.